The summed E-state index contributed by atoms with van der Waals surface area (Å²) in [7, 11) is 0. The van der Waals surface area contributed by atoms with Crippen LogP contribution in [0.5, 0.6) is 0 Å². The Morgan fingerprint density at radius 2 is 1.90 bits per heavy atom. The van der Waals surface area contributed by atoms with Crippen LogP contribution in [0.3, 0.4) is 0 Å². The zero-order valence-corrected chi connectivity index (χ0v) is 10.9. The molecule has 0 unspecified atom stereocenters. The largest absolute Gasteiger partial charge is 0.374 e. The molecule has 106 valence electrons. The fraction of sp³-hybridized carbons (Fsp3) is 0.231. The zero-order chi connectivity index (χ0) is 14.7. The van der Waals surface area contributed by atoms with Crippen LogP contribution in [0.15, 0.2) is 28.8 Å². The molecule has 2 rings (SSSR count). The molecule has 2 N–H and O–H groups in total. The van der Waals surface area contributed by atoms with Crippen molar-refractivity contribution in [1.29, 1.82) is 0 Å². The molecule has 0 fully saturated rings. The highest BCUT2D eigenvalue weighted by molar-refractivity contribution is 5.95. The van der Waals surface area contributed by atoms with Crippen LogP contribution >= 0.6 is 0 Å². The Bertz CT molecular complexity index is 608. The summed E-state index contributed by atoms with van der Waals surface area (Å²) in [6.45, 7) is 3.28. The minimum absolute atomic E-state index is 0.180. The average molecular weight is 281 g/mol. The number of benzene rings is 1. The van der Waals surface area contributed by atoms with Crippen LogP contribution in [-0.2, 0) is 4.79 Å². The molecule has 1 aromatic carbocycles. The highest BCUT2D eigenvalue weighted by atomic mass is 19.1. The summed E-state index contributed by atoms with van der Waals surface area (Å²) < 4.78 is 30.9. The lowest BCUT2D eigenvalue weighted by Crippen LogP contribution is -2.31. The summed E-state index contributed by atoms with van der Waals surface area (Å²) >= 11 is 0. The first kappa shape index (κ1) is 14.0. The lowest BCUT2D eigenvalue weighted by Gasteiger charge is -2.14. The molecule has 1 heterocycles. The Morgan fingerprint density at radius 3 is 2.45 bits per heavy atom. The maximum atomic E-state index is 13.0. The minimum Gasteiger partial charge on any atom is -0.374 e. The predicted molar refractivity (Wildman–Crippen MR) is 69.3 cm³/mol. The van der Waals surface area contributed by atoms with Crippen LogP contribution in [0.4, 0.5) is 20.4 Å². The Morgan fingerprint density at radius 1 is 1.25 bits per heavy atom. The molecular weight excluding hydrogens is 268 g/mol. The van der Waals surface area contributed by atoms with Crippen molar-refractivity contribution in [3.8, 4) is 0 Å². The number of carbonyl (C=O) groups is 1. The second kappa shape index (κ2) is 5.68. The van der Waals surface area contributed by atoms with Gasteiger partial charge in [0.1, 0.15) is 17.7 Å². The van der Waals surface area contributed by atoms with Crippen LogP contribution < -0.4 is 10.6 Å². The van der Waals surface area contributed by atoms with E-state index in [9.17, 15) is 13.6 Å². The highest BCUT2D eigenvalue weighted by Crippen LogP contribution is 2.15. The lowest BCUT2D eigenvalue weighted by molar-refractivity contribution is -0.116. The van der Waals surface area contributed by atoms with Crippen LogP contribution in [-0.4, -0.2) is 17.1 Å². The third-order valence-electron chi connectivity index (χ3n) is 2.51. The van der Waals surface area contributed by atoms with Crippen molar-refractivity contribution in [2.24, 2.45) is 0 Å². The molecular formula is C13H13F2N3O2. The lowest BCUT2D eigenvalue weighted by atomic mass is 10.2. The molecule has 0 bridgehead atoms. The third kappa shape index (κ3) is 3.53. The van der Waals surface area contributed by atoms with Gasteiger partial charge in [0.15, 0.2) is 0 Å². The molecule has 20 heavy (non-hydrogen) atoms. The molecule has 1 amide bonds. The van der Waals surface area contributed by atoms with E-state index in [0.29, 0.717) is 5.69 Å². The Labute approximate surface area is 114 Å². The summed E-state index contributed by atoms with van der Waals surface area (Å²) in [6.07, 6.45) is 0. The number of aryl methyl sites for hydroxylation is 1. The van der Waals surface area contributed by atoms with E-state index in [0.717, 1.165) is 18.2 Å². The number of nitrogens with one attached hydrogen (secondary N) is 2. The van der Waals surface area contributed by atoms with Crippen molar-refractivity contribution < 1.29 is 18.1 Å². The number of aromatic nitrogens is 1. The highest BCUT2D eigenvalue weighted by Gasteiger charge is 2.15. The SMILES string of the molecule is Cc1cc(NC(=O)[C@@H](C)Nc2cc(F)cc(F)c2)on1. The maximum absolute atomic E-state index is 13.0. The number of hydrogen-bond donors (Lipinski definition) is 2. The minimum atomic E-state index is -0.717. The van der Waals surface area contributed by atoms with E-state index < -0.39 is 23.6 Å². The number of rotatable bonds is 4. The first-order valence-corrected chi connectivity index (χ1v) is 5.91. The summed E-state index contributed by atoms with van der Waals surface area (Å²) in [6, 6.07) is 3.82. The van der Waals surface area contributed by atoms with Crippen molar-refractivity contribution in [3.63, 3.8) is 0 Å². The number of nitrogens with zero attached hydrogens (tertiary/aromatic N) is 1. The maximum Gasteiger partial charge on any atom is 0.248 e. The van der Waals surface area contributed by atoms with Gasteiger partial charge in [0, 0.05) is 17.8 Å². The fourth-order valence-electron chi connectivity index (χ4n) is 1.60. The van der Waals surface area contributed by atoms with Gasteiger partial charge in [-0.05, 0) is 26.0 Å². The van der Waals surface area contributed by atoms with Crippen LogP contribution in [0.1, 0.15) is 12.6 Å². The summed E-state index contributed by atoms with van der Waals surface area (Å²) in [4.78, 5) is 11.8. The molecule has 0 aliphatic carbocycles. The van der Waals surface area contributed by atoms with Gasteiger partial charge in [0.05, 0.1) is 5.69 Å². The zero-order valence-electron chi connectivity index (χ0n) is 10.9. The smallest absolute Gasteiger partial charge is 0.248 e. The molecule has 0 radical (unpaired) electrons. The topological polar surface area (TPSA) is 67.2 Å². The second-order valence-corrected chi connectivity index (χ2v) is 4.35. The van der Waals surface area contributed by atoms with Gasteiger partial charge in [-0.3, -0.25) is 10.1 Å². The van der Waals surface area contributed by atoms with E-state index >= 15 is 0 Å². The molecule has 0 spiro atoms. The van der Waals surface area contributed by atoms with E-state index in [4.69, 9.17) is 4.52 Å². The molecule has 1 aromatic heterocycles. The predicted octanol–water partition coefficient (Wildman–Crippen LogP) is 2.70. The van der Waals surface area contributed by atoms with Crippen LogP contribution in [0.25, 0.3) is 0 Å². The van der Waals surface area contributed by atoms with Gasteiger partial charge < -0.3 is 9.84 Å². The number of carbonyl (C=O) groups excluding carboxylic acids is 1. The summed E-state index contributed by atoms with van der Waals surface area (Å²) in [5.74, 6) is -1.63. The molecule has 0 saturated carbocycles. The number of anilines is 2. The average Bonchev–Trinajstić information content (AvgIpc) is 2.73. The van der Waals surface area contributed by atoms with Crippen molar-refractivity contribution in [2.45, 2.75) is 19.9 Å². The number of halogens is 2. The second-order valence-electron chi connectivity index (χ2n) is 4.35. The van der Waals surface area contributed by atoms with Gasteiger partial charge in [-0.2, -0.15) is 0 Å². The summed E-state index contributed by atoms with van der Waals surface area (Å²) in [5, 5.41) is 8.82. The molecule has 2 aromatic rings. The van der Waals surface area contributed by atoms with Crippen molar-refractivity contribution in [1.82, 2.24) is 5.16 Å². The molecule has 5 nitrogen and oxygen atoms in total. The van der Waals surface area contributed by atoms with Crippen molar-refractivity contribution in [2.75, 3.05) is 10.6 Å². The normalized spacial score (nSPS) is 12.0. The Balaban J connectivity index is 2.00. The van der Waals surface area contributed by atoms with E-state index in [-0.39, 0.29) is 11.6 Å². The third-order valence-corrected chi connectivity index (χ3v) is 2.51. The van der Waals surface area contributed by atoms with E-state index in [2.05, 4.69) is 15.8 Å². The van der Waals surface area contributed by atoms with Gasteiger partial charge in [0.25, 0.3) is 0 Å². The monoisotopic (exact) mass is 281 g/mol. The van der Waals surface area contributed by atoms with Gasteiger partial charge in [-0.25, -0.2) is 8.78 Å². The first-order chi connectivity index (χ1) is 9.44. The van der Waals surface area contributed by atoms with E-state index in [1.54, 1.807) is 19.9 Å². The van der Waals surface area contributed by atoms with Gasteiger partial charge in [-0.15, -0.1) is 0 Å². The standard InChI is InChI=1S/C13H13F2N3O2/c1-7-3-12(20-18-7)17-13(19)8(2)16-11-5-9(14)4-10(15)6-11/h3-6,8,16H,1-2H3,(H,17,19)/t8-/m1/s1. The van der Waals surface area contributed by atoms with Gasteiger partial charge in [-0.1, -0.05) is 5.16 Å². The van der Waals surface area contributed by atoms with Crippen molar-refractivity contribution in [3.05, 3.63) is 41.6 Å². The fourth-order valence-corrected chi connectivity index (χ4v) is 1.60. The van der Waals surface area contributed by atoms with Crippen molar-refractivity contribution >= 4 is 17.5 Å². The van der Waals surface area contributed by atoms with Gasteiger partial charge >= 0.3 is 0 Å². The number of amides is 1. The molecule has 0 aliphatic rings. The Kier molecular flexibility index (Phi) is 3.97. The quantitative estimate of drug-likeness (QED) is 0.904. The molecule has 1 atom stereocenters. The molecule has 0 saturated heterocycles. The first-order valence-electron chi connectivity index (χ1n) is 5.91. The van der Waals surface area contributed by atoms with E-state index in [1.165, 1.54) is 0 Å². The van der Waals surface area contributed by atoms with Crippen LogP contribution in [0.2, 0.25) is 0 Å². The summed E-state index contributed by atoms with van der Waals surface area (Å²) in [5.41, 5.74) is 0.812. The molecule has 0 aliphatic heterocycles. The Hall–Kier alpha value is -2.44. The molecule has 7 heteroatoms. The van der Waals surface area contributed by atoms with E-state index in [1.807, 2.05) is 0 Å². The number of hydrogen-bond acceptors (Lipinski definition) is 4. The van der Waals surface area contributed by atoms with Crippen LogP contribution in [0, 0.1) is 18.6 Å². The van der Waals surface area contributed by atoms with Gasteiger partial charge in [0.2, 0.25) is 11.8 Å².